The summed E-state index contributed by atoms with van der Waals surface area (Å²) in [6, 6.07) is 6.68. The van der Waals surface area contributed by atoms with Gasteiger partial charge in [0.2, 0.25) is 5.56 Å². The summed E-state index contributed by atoms with van der Waals surface area (Å²) < 4.78 is 0. The van der Waals surface area contributed by atoms with Crippen LogP contribution in [-0.4, -0.2) is 51.9 Å². The third-order valence-corrected chi connectivity index (χ3v) is 4.11. The minimum atomic E-state index is -0.206. The summed E-state index contributed by atoms with van der Waals surface area (Å²) in [5.74, 6) is -0.0472. The highest BCUT2D eigenvalue weighted by Gasteiger charge is 2.22. The first kappa shape index (κ1) is 15.7. The van der Waals surface area contributed by atoms with Gasteiger partial charge in [0.25, 0.3) is 5.91 Å². The highest BCUT2D eigenvalue weighted by Crippen LogP contribution is 2.12. The van der Waals surface area contributed by atoms with Gasteiger partial charge in [0.1, 0.15) is 5.15 Å². The number of pyridine rings is 2. The molecule has 1 aliphatic heterocycles. The third-order valence-electron chi connectivity index (χ3n) is 3.89. The molecule has 1 fully saturated rings. The first-order valence-corrected chi connectivity index (χ1v) is 7.80. The van der Waals surface area contributed by atoms with Gasteiger partial charge in [0.05, 0.1) is 5.56 Å². The van der Waals surface area contributed by atoms with Gasteiger partial charge in [0, 0.05) is 51.2 Å². The minimum Gasteiger partial charge on any atom is -0.336 e. The van der Waals surface area contributed by atoms with Gasteiger partial charge in [-0.3, -0.25) is 14.5 Å². The molecule has 1 N–H and O–H groups in total. The molecule has 120 valence electrons. The number of aromatic nitrogens is 2. The Balaban J connectivity index is 1.55. The number of carbonyl (C=O) groups is 1. The van der Waals surface area contributed by atoms with Crippen molar-refractivity contribution in [2.45, 2.75) is 6.54 Å². The molecule has 0 aromatic carbocycles. The topological polar surface area (TPSA) is 69.3 Å². The van der Waals surface area contributed by atoms with Crippen LogP contribution in [0, 0.1) is 0 Å². The predicted octanol–water partition coefficient (Wildman–Crippen LogP) is 1.38. The predicted molar refractivity (Wildman–Crippen MR) is 87.5 cm³/mol. The molecule has 0 aliphatic carbocycles. The first-order chi connectivity index (χ1) is 11.1. The van der Waals surface area contributed by atoms with Gasteiger partial charge < -0.3 is 9.88 Å². The average molecular weight is 333 g/mol. The quantitative estimate of drug-likeness (QED) is 0.862. The maximum absolute atomic E-state index is 12.4. The number of aromatic amines is 1. The fourth-order valence-corrected chi connectivity index (χ4v) is 2.71. The summed E-state index contributed by atoms with van der Waals surface area (Å²) in [5.41, 5.74) is 1.41. The Hall–Kier alpha value is -2.18. The van der Waals surface area contributed by atoms with Crippen molar-refractivity contribution in [2.24, 2.45) is 0 Å². The van der Waals surface area contributed by atoms with Gasteiger partial charge in [-0.25, -0.2) is 4.98 Å². The lowest BCUT2D eigenvalue weighted by Gasteiger charge is -2.34. The van der Waals surface area contributed by atoms with Crippen LogP contribution in [0.3, 0.4) is 0 Å². The molecule has 0 radical (unpaired) electrons. The number of hydrogen-bond donors (Lipinski definition) is 1. The van der Waals surface area contributed by atoms with E-state index in [4.69, 9.17) is 11.6 Å². The molecule has 1 amide bonds. The normalized spacial score (nSPS) is 15.6. The SMILES string of the molecule is O=C(c1ccc(=O)[nH]c1)N1CCN(Cc2ccc(Cl)nc2)CC1. The average Bonchev–Trinajstić information content (AvgIpc) is 2.58. The van der Waals surface area contributed by atoms with Crippen LogP contribution < -0.4 is 5.56 Å². The van der Waals surface area contributed by atoms with E-state index in [9.17, 15) is 9.59 Å². The van der Waals surface area contributed by atoms with E-state index in [2.05, 4.69) is 14.9 Å². The number of amides is 1. The molecule has 2 aromatic heterocycles. The number of rotatable bonds is 3. The number of nitrogens with zero attached hydrogens (tertiary/aromatic N) is 3. The van der Waals surface area contributed by atoms with Crippen molar-refractivity contribution in [3.05, 3.63) is 63.3 Å². The maximum atomic E-state index is 12.4. The fourth-order valence-electron chi connectivity index (χ4n) is 2.59. The Morgan fingerprint density at radius 3 is 2.57 bits per heavy atom. The lowest BCUT2D eigenvalue weighted by atomic mass is 10.2. The molecule has 0 spiro atoms. The molecular formula is C16H17ClN4O2. The number of hydrogen-bond acceptors (Lipinski definition) is 4. The van der Waals surface area contributed by atoms with Crippen LogP contribution in [0.4, 0.5) is 0 Å². The third kappa shape index (κ3) is 3.97. The lowest BCUT2D eigenvalue weighted by Crippen LogP contribution is -2.48. The van der Waals surface area contributed by atoms with E-state index in [-0.39, 0.29) is 11.5 Å². The van der Waals surface area contributed by atoms with Crippen LogP contribution in [0.1, 0.15) is 15.9 Å². The van der Waals surface area contributed by atoms with Crippen molar-refractivity contribution < 1.29 is 4.79 Å². The Labute approximate surface area is 138 Å². The Morgan fingerprint density at radius 2 is 1.96 bits per heavy atom. The summed E-state index contributed by atoms with van der Waals surface area (Å²) in [5, 5.41) is 0.491. The highest BCUT2D eigenvalue weighted by molar-refractivity contribution is 6.29. The zero-order valence-electron chi connectivity index (χ0n) is 12.5. The van der Waals surface area contributed by atoms with Crippen LogP contribution in [0.25, 0.3) is 0 Å². The second-order valence-electron chi connectivity index (χ2n) is 5.50. The van der Waals surface area contributed by atoms with E-state index in [1.165, 1.54) is 12.3 Å². The highest BCUT2D eigenvalue weighted by atomic mass is 35.5. The van der Waals surface area contributed by atoms with Gasteiger partial charge in [-0.2, -0.15) is 0 Å². The van der Waals surface area contributed by atoms with E-state index in [0.717, 1.165) is 25.2 Å². The largest absolute Gasteiger partial charge is 0.336 e. The van der Waals surface area contributed by atoms with E-state index in [1.54, 1.807) is 18.3 Å². The van der Waals surface area contributed by atoms with Crippen LogP contribution in [-0.2, 0) is 6.54 Å². The van der Waals surface area contributed by atoms with Gasteiger partial charge in [-0.15, -0.1) is 0 Å². The van der Waals surface area contributed by atoms with E-state index >= 15 is 0 Å². The van der Waals surface area contributed by atoms with Gasteiger partial charge in [-0.1, -0.05) is 17.7 Å². The van der Waals surface area contributed by atoms with E-state index in [0.29, 0.717) is 23.8 Å². The van der Waals surface area contributed by atoms with Gasteiger partial charge in [-0.05, 0) is 17.7 Å². The number of piperazine rings is 1. The van der Waals surface area contributed by atoms with Crippen LogP contribution in [0.15, 0.2) is 41.5 Å². The molecule has 0 unspecified atom stereocenters. The van der Waals surface area contributed by atoms with E-state index in [1.807, 2.05) is 11.0 Å². The molecule has 3 heterocycles. The van der Waals surface area contributed by atoms with Crippen molar-refractivity contribution in [2.75, 3.05) is 26.2 Å². The molecule has 3 rings (SSSR count). The number of H-pyrrole nitrogens is 1. The summed E-state index contributed by atoms with van der Waals surface area (Å²) >= 11 is 5.79. The Morgan fingerprint density at radius 1 is 1.17 bits per heavy atom. The van der Waals surface area contributed by atoms with Gasteiger partial charge in [0.15, 0.2) is 0 Å². The molecule has 2 aromatic rings. The fraction of sp³-hybridized carbons (Fsp3) is 0.312. The molecule has 0 bridgehead atoms. The smallest absolute Gasteiger partial charge is 0.255 e. The standard InChI is InChI=1S/C16H17ClN4O2/c17-14-3-1-12(9-18-14)11-20-5-7-21(8-6-20)16(23)13-2-4-15(22)19-10-13/h1-4,9-10H,5-8,11H2,(H,19,22). The van der Waals surface area contributed by atoms with Crippen LogP contribution in [0.5, 0.6) is 0 Å². The molecular weight excluding hydrogens is 316 g/mol. The first-order valence-electron chi connectivity index (χ1n) is 7.42. The zero-order chi connectivity index (χ0) is 16.2. The van der Waals surface area contributed by atoms with Crippen molar-refractivity contribution in [3.63, 3.8) is 0 Å². The molecule has 6 nitrogen and oxygen atoms in total. The summed E-state index contributed by atoms with van der Waals surface area (Å²) in [6.45, 7) is 3.73. The minimum absolute atomic E-state index is 0.0472. The second kappa shape index (κ2) is 6.93. The number of halogens is 1. The molecule has 1 saturated heterocycles. The number of nitrogens with one attached hydrogen (secondary N) is 1. The van der Waals surface area contributed by atoms with Crippen molar-refractivity contribution in [1.82, 2.24) is 19.8 Å². The van der Waals surface area contributed by atoms with Crippen molar-refractivity contribution in [3.8, 4) is 0 Å². The summed E-state index contributed by atoms with van der Waals surface area (Å²) in [7, 11) is 0. The van der Waals surface area contributed by atoms with Gasteiger partial charge >= 0.3 is 0 Å². The Bertz CT molecular complexity index is 716. The maximum Gasteiger partial charge on any atom is 0.255 e. The number of carbonyl (C=O) groups excluding carboxylic acids is 1. The molecule has 0 atom stereocenters. The second-order valence-corrected chi connectivity index (χ2v) is 5.89. The summed E-state index contributed by atoms with van der Waals surface area (Å²) in [6.07, 6.45) is 3.25. The van der Waals surface area contributed by atoms with Crippen LogP contribution >= 0.6 is 11.6 Å². The Kier molecular flexibility index (Phi) is 4.73. The molecule has 23 heavy (non-hydrogen) atoms. The summed E-state index contributed by atoms with van der Waals surface area (Å²) in [4.78, 5) is 34.1. The zero-order valence-corrected chi connectivity index (χ0v) is 13.3. The molecule has 0 saturated carbocycles. The monoisotopic (exact) mass is 332 g/mol. The van der Waals surface area contributed by atoms with Crippen molar-refractivity contribution in [1.29, 1.82) is 0 Å². The van der Waals surface area contributed by atoms with Crippen molar-refractivity contribution >= 4 is 17.5 Å². The van der Waals surface area contributed by atoms with E-state index < -0.39 is 0 Å². The molecule has 7 heteroatoms. The van der Waals surface area contributed by atoms with Crippen LogP contribution in [0.2, 0.25) is 5.15 Å². The lowest BCUT2D eigenvalue weighted by molar-refractivity contribution is 0.0628. The molecule has 1 aliphatic rings.